The van der Waals surface area contributed by atoms with E-state index in [4.69, 9.17) is 4.74 Å². The van der Waals surface area contributed by atoms with Crippen LogP contribution in [-0.2, 0) is 5.41 Å². The summed E-state index contributed by atoms with van der Waals surface area (Å²) in [5.74, 6) is 1.73. The molecule has 7 aromatic rings. The molecule has 0 N–H and O–H groups in total. The van der Waals surface area contributed by atoms with Gasteiger partial charge in [-0.15, -0.1) is 0 Å². The first-order chi connectivity index (χ1) is 23.6. The van der Waals surface area contributed by atoms with Gasteiger partial charge in [0.25, 0.3) is 0 Å². The van der Waals surface area contributed by atoms with Crippen molar-refractivity contribution in [1.82, 2.24) is 0 Å². The number of rotatable bonds is 5. The molecule has 0 aliphatic carbocycles. The van der Waals surface area contributed by atoms with Crippen LogP contribution in [0.25, 0.3) is 22.3 Å². The Morgan fingerprint density at radius 2 is 1.17 bits per heavy atom. The first kappa shape index (κ1) is 28.2. The first-order valence-corrected chi connectivity index (χ1v) is 16.5. The SMILES string of the molecule is CC1(C)c2ccc(N(c3ccccc3)c3ccccc3-c3ccccc3)cc2N2c3cc(-c4ccccc4)ccc3Oc3cccc1c32. The fourth-order valence-electron chi connectivity index (χ4n) is 7.47. The van der Waals surface area contributed by atoms with Crippen LogP contribution in [0.3, 0.4) is 0 Å². The second kappa shape index (κ2) is 11.0. The molecule has 3 nitrogen and oxygen atoms in total. The van der Waals surface area contributed by atoms with Crippen molar-refractivity contribution in [3.05, 3.63) is 181 Å². The van der Waals surface area contributed by atoms with Crippen LogP contribution in [-0.4, -0.2) is 0 Å². The van der Waals surface area contributed by atoms with E-state index in [2.05, 4.69) is 194 Å². The molecule has 48 heavy (non-hydrogen) atoms. The second-order valence-corrected chi connectivity index (χ2v) is 13.0. The maximum Gasteiger partial charge on any atom is 0.151 e. The van der Waals surface area contributed by atoms with Gasteiger partial charge in [0.1, 0.15) is 0 Å². The Hall–Kier alpha value is -6.06. The molecule has 0 unspecified atom stereocenters. The maximum absolute atomic E-state index is 6.65. The summed E-state index contributed by atoms with van der Waals surface area (Å²) in [5.41, 5.74) is 13.6. The maximum atomic E-state index is 6.65. The van der Waals surface area contributed by atoms with Gasteiger partial charge in [0.05, 0.1) is 22.7 Å². The van der Waals surface area contributed by atoms with Gasteiger partial charge in [-0.2, -0.15) is 0 Å². The molecule has 0 radical (unpaired) electrons. The minimum Gasteiger partial charge on any atom is -0.453 e. The number of anilines is 6. The topological polar surface area (TPSA) is 15.7 Å². The van der Waals surface area contributed by atoms with Crippen LogP contribution < -0.4 is 14.5 Å². The van der Waals surface area contributed by atoms with Crippen molar-refractivity contribution in [2.45, 2.75) is 19.3 Å². The summed E-state index contributed by atoms with van der Waals surface area (Å²) in [6.45, 7) is 4.65. The standard InChI is InChI=1S/C45H34N2O/c1-45(2)37-27-26-35(46(34-19-10-5-11-20-34)39-23-13-12-21-36(39)32-17-8-4-9-18-32)30-40(37)47-41-29-33(31-15-6-3-7-16-31)25-28-42(41)48-43-24-14-22-38(45)44(43)47/h3-30H,1-2H3. The van der Waals surface area contributed by atoms with E-state index in [9.17, 15) is 0 Å². The predicted octanol–water partition coefficient (Wildman–Crippen LogP) is 12.7. The molecule has 7 aromatic carbocycles. The average Bonchev–Trinajstić information content (AvgIpc) is 3.14. The molecule has 0 bridgehead atoms. The molecule has 9 rings (SSSR count). The lowest BCUT2D eigenvalue weighted by Crippen LogP contribution is -2.32. The van der Waals surface area contributed by atoms with Gasteiger partial charge in [-0.05, 0) is 76.3 Å². The number of hydrogen-bond acceptors (Lipinski definition) is 3. The van der Waals surface area contributed by atoms with E-state index in [0.717, 1.165) is 51.2 Å². The molecule has 0 aromatic heterocycles. The Bertz CT molecular complexity index is 2290. The number of hydrogen-bond donors (Lipinski definition) is 0. The van der Waals surface area contributed by atoms with Gasteiger partial charge < -0.3 is 14.5 Å². The number of nitrogens with zero attached hydrogens (tertiary/aromatic N) is 2. The Labute approximate surface area is 281 Å². The zero-order chi connectivity index (χ0) is 32.2. The molecule has 2 heterocycles. The summed E-state index contributed by atoms with van der Waals surface area (Å²) in [7, 11) is 0. The lowest BCUT2D eigenvalue weighted by atomic mass is 9.73. The first-order valence-electron chi connectivity index (χ1n) is 16.5. The second-order valence-electron chi connectivity index (χ2n) is 13.0. The van der Waals surface area contributed by atoms with Crippen LogP contribution in [0.1, 0.15) is 25.0 Å². The van der Waals surface area contributed by atoms with Crippen molar-refractivity contribution in [2.75, 3.05) is 9.80 Å². The van der Waals surface area contributed by atoms with Crippen molar-refractivity contribution in [3.8, 4) is 33.8 Å². The van der Waals surface area contributed by atoms with Gasteiger partial charge in [-0.3, -0.25) is 0 Å². The van der Waals surface area contributed by atoms with Crippen molar-refractivity contribution >= 4 is 34.1 Å². The molecule has 0 atom stereocenters. The Kier molecular flexibility index (Phi) is 6.48. The third kappa shape index (κ3) is 4.43. The summed E-state index contributed by atoms with van der Waals surface area (Å²) < 4.78 is 6.65. The van der Waals surface area contributed by atoms with Crippen LogP contribution in [0.5, 0.6) is 11.5 Å². The summed E-state index contributed by atoms with van der Waals surface area (Å²) in [5, 5.41) is 0. The van der Waals surface area contributed by atoms with Crippen LogP contribution in [0.15, 0.2) is 170 Å². The highest BCUT2D eigenvalue weighted by molar-refractivity contribution is 5.96. The quantitative estimate of drug-likeness (QED) is 0.191. The number of fused-ring (bicyclic) bond motifs is 4. The Balaban J connectivity index is 1.29. The third-order valence-corrected chi connectivity index (χ3v) is 9.82. The van der Waals surface area contributed by atoms with E-state index in [1.54, 1.807) is 0 Å². The smallest absolute Gasteiger partial charge is 0.151 e. The Morgan fingerprint density at radius 1 is 0.479 bits per heavy atom. The summed E-state index contributed by atoms with van der Waals surface area (Å²) >= 11 is 0. The summed E-state index contributed by atoms with van der Waals surface area (Å²) in [6.07, 6.45) is 0. The van der Waals surface area contributed by atoms with Crippen LogP contribution in [0, 0.1) is 0 Å². The van der Waals surface area contributed by atoms with E-state index in [1.807, 2.05) is 0 Å². The normalized spacial score (nSPS) is 13.5. The molecule has 0 amide bonds. The largest absolute Gasteiger partial charge is 0.453 e. The fraction of sp³-hybridized carbons (Fsp3) is 0.0667. The number of ether oxygens (including phenoxy) is 1. The summed E-state index contributed by atoms with van der Waals surface area (Å²) in [4.78, 5) is 4.82. The van der Waals surface area contributed by atoms with Gasteiger partial charge >= 0.3 is 0 Å². The molecular weight excluding hydrogens is 585 g/mol. The molecule has 0 spiro atoms. The van der Waals surface area contributed by atoms with Crippen molar-refractivity contribution in [1.29, 1.82) is 0 Å². The van der Waals surface area contributed by atoms with E-state index in [1.165, 1.54) is 27.8 Å². The third-order valence-electron chi connectivity index (χ3n) is 9.82. The van der Waals surface area contributed by atoms with E-state index >= 15 is 0 Å². The van der Waals surface area contributed by atoms with Crippen molar-refractivity contribution in [2.24, 2.45) is 0 Å². The monoisotopic (exact) mass is 618 g/mol. The highest BCUT2D eigenvalue weighted by Crippen LogP contribution is 2.61. The van der Waals surface area contributed by atoms with Crippen LogP contribution in [0.4, 0.5) is 34.1 Å². The molecular formula is C45H34N2O. The molecule has 0 fully saturated rings. The minimum atomic E-state index is -0.243. The number of para-hydroxylation sites is 3. The van der Waals surface area contributed by atoms with Crippen molar-refractivity contribution < 1.29 is 4.74 Å². The van der Waals surface area contributed by atoms with E-state index in [0.29, 0.717) is 0 Å². The fourth-order valence-corrected chi connectivity index (χ4v) is 7.47. The van der Waals surface area contributed by atoms with Crippen LogP contribution >= 0.6 is 0 Å². The molecule has 230 valence electrons. The number of benzene rings is 7. The lowest BCUT2D eigenvalue weighted by molar-refractivity contribution is 0.471. The molecule has 0 saturated carbocycles. The van der Waals surface area contributed by atoms with Gasteiger partial charge in [0.15, 0.2) is 11.5 Å². The molecule has 2 aliphatic rings. The van der Waals surface area contributed by atoms with Gasteiger partial charge in [-0.1, -0.05) is 135 Å². The van der Waals surface area contributed by atoms with E-state index < -0.39 is 0 Å². The summed E-state index contributed by atoms with van der Waals surface area (Å²) in [6, 6.07) is 60.6. The molecule has 0 saturated heterocycles. The highest BCUT2D eigenvalue weighted by atomic mass is 16.5. The van der Waals surface area contributed by atoms with Crippen LogP contribution in [0.2, 0.25) is 0 Å². The van der Waals surface area contributed by atoms with E-state index in [-0.39, 0.29) is 5.41 Å². The molecule has 3 heteroatoms. The zero-order valence-electron chi connectivity index (χ0n) is 27.0. The van der Waals surface area contributed by atoms with Gasteiger partial charge in [0, 0.05) is 22.4 Å². The van der Waals surface area contributed by atoms with Gasteiger partial charge in [-0.25, -0.2) is 0 Å². The Morgan fingerprint density at radius 3 is 1.94 bits per heavy atom. The highest BCUT2D eigenvalue weighted by Gasteiger charge is 2.42. The predicted molar refractivity (Wildman–Crippen MR) is 199 cm³/mol. The minimum absolute atomic E-state index is 0.243. The lowest BCUT2D eigenvalue weighted by Gasteiger charge is -2.45. The van der Waals surface area contributed by atoms with Gasteiger partial charge in [0.2, 0.25) is 0 Å². The average molecular weight is 619 g/mol. The zero-order valence-corrected chi connectivity index (χ0v) is 27.0. The molecule has 2 aliphatic heterocycles. The van der Waals surface area contributed by atoms with Crippen molar-refractivity contribution in [3.63, 3.8) is 0 Å².